The van der Waals surface area contributed by atoms with Gasteiger partial charge < -0.3 is 5.32 Å². The van der Waals surface area contributed by atoms with Crippen LogP contribution in [0, 0.1) is 5.92 Å². The molecule has 0 unspecified atom stereocenters. The van der Waals surface area contributed by atoms with E-state index in [2.05, 4.69) is 12.2 Å². The third-order valence-electron chi connectivity index (χ3n) is 3.47. The molecule has 2 heterocycles. The van der Waals surface area contributed by atoms with Crippen molar-refractivity contribution in [2.24, 2.45) is 5.92 Å². The van der Waals surface area contributed by atoms with E-state index in [0.717, 1.165) is 25.9 Å². The lowest BCUT2D eigenvalue weighted by Gasteiger charge is -2.35. The molecule has 5 nitrogen and oxygen atoms in total. The molecule has 0 spiro atoms. The third kappa shape index (κ3) is 3.54. The number of piperazine rings is 1. The van der Waals surface area contributed by atoms with Gasteiger partial charge in [0.25, 0.3) is 10.2 Å². The molecule has 1 N–H and O–H groups in total. The zero-order chi connectivity index (χ0) is 11.6. The van der Waals surface area contributed by atoms with E-state index < -0.39 is 10.2 Å². The van der Waals surface area contributed by atoms with Crippen molar-refractivity contribution >= 4 is 22.6 Å². The van der Waals surface area contributed by atoms with Crippen LogP contribution in [-0.2, 0) is 10.2 Å². The maximum atomic E-state index is 12.3. The fraction of sp³-hybridized carbons (Fsp3) is 1.00. The summed E-state index contributed by atoms with van der Waals surface area (Å²) in [7, 11) is -3.18. The molecule has 17 heavy (non-hydrogen) atoms. The Morgan fingerprint density at radius 3 is 2.00 bits per heavy atom. The van der Waals surface area contributed by atoms with Crippen LogP contribution in [0.4, 0.5) is 0 Å². The SMILES string of the molecule is CC1CCN(S(=O)(=O)N2CCNCC2)CC1.Cl. The molecule has 2 saturated heterocycles. The van der Waals surface area contributed by atoms with E-state index in [1.54, 1.807) is 8.61 Å². The first-order chi connectivity index (χ1) is 7.60. The van der Waals surface area contributed by atoms with E-state index in [-0.39, 0.29) is 12.4 Å². The number of piperidine rings is 1. The molecule has 2 aliphatic rings. The van der Waals surface area contributed by atoms with Gasteiger partial charge in [-0.15, -0.1) is 12.4 Å². The van der Waals surface area contributed by atoms with Crippen LogP contribution in [0.15, 0.2) is 0 Å². The van der Waals surface area contributed by atoms with Crippen molar-refractivity contribution in [1.29, 1.82) is 0 Å². The van der Waals surface area contributed by atoms with Crippen LogP contribution >= 0.6 is 12.4 Å². The van der Waals surface area contributed by atoms with Gasteiger partial charge in [0.2, 0.25) is 0 Å². The van der Waals surface area contributed by atoms with Crippen LogP contribution in [0.1, 0.15) is 19.8 Å². The highest BCUT2D eigenvalue weighted by atomic mass is 35.5. The van der Waals surface area contributed by atoms with Crippen molar-refractivity contribution in [2.45, 2.75) is 19.8 Å². The number of hydrogen-bond donors (Lipinski definition) is 1. The van der Waals surface area contributed by atoms with Crippen LogP contribution < -0.4 is 5.32 Å². The summed E-state index contributed by atoms with van der Waals surface area (Å²) in [5, 5.41) is 3.17. The van der Waals surface area contributed by atoms with E-state index in [1.165, 1.54) is 0 Å². The zero-order valence-corrected chi connectivity index (χ0v) is 11.9. The van der Waals surface area contributed by atoms with E-state index in [1.807, 2.05) is 0 Å². The van der Waals surface area contributed by atoms with E-state index >= 15 is 0 Å². The minimum Gasteiger partial charge on any atom is -0.314 e. The highest BCUT2D eigenvalue weighted by Crippen LogP contribution is 2.20. The monoisotopic (exact) mass is 283 g/mol. The summed E-state index contributed by atoms with van der Waals surface area (Å²) in [6, 6.07) is 0. The lowest BCUT2D eigenvalue weighted by molar-refractivity contribution is 0.256. The van der Waals surface area contributed by atoms with Crippen molar-refractivity contribution in [3.8, 4) is 0 Å². The largest absolute Gasteiger partial charge is 0.314 e. The van der Waals surface area contributed by atoms with Gasteiger partial charge in [0.05, 0.1) is 0 Å². The van der Waals surface area contributed by atoms with Gasteiger partial charge >= 0.3 is 0 Å². The topological polar surface area (TPSA) is 52.7 Å². The second kappa shape index (κ2) is 6.33. The Bertz CT molecular complexity index is 322. The molecule has 0 aliphatic carbocycles. The number of nitrogens with zero attached hydrogens (tertiary/aromatic N) is 2. The molecular formula is C10H22ClN3O2S. The highest BCUT2D eigenvalue weighted by Gasteiger charge is 2.32. The molecule has 2 aliphatic heterocycles. The average Bonchev–Trinajstić information content (AvgIpc) is 2.31. The van der Waals surface area contributed by atoms with Crippen molar-refractivity contribution < 1.29 is 8.42 Å². The van der Waals surface area contributed by atoms with Crippen LogP contribution in [-0.4, -0.2) is 56.3 Å². The minimum absolute atomic E-state index is 0. The molecule has 0 atom stereocenters. The van der Waals surface area contributed by atoms with Crippen molar-refractivity contribution in [2.75, 3.05) is 39.3 Å². The van der Waals surface area contributed by atoms with Gasteiger partial charge in [0, 0.05) is 39.3 Å². The van der Waals surface area contributed by atoms with Gasteiger partial charge in [-0.1, -0.05) is 6.92 Å². The van der Waals surface area contributed by atoms with Gasteiger partial charge in [-0.05, 0) is 18.8 Å². The molecule has 0 aromatic rings. The minimum atomic E-state index is -3.18. The number of hydrogen-bond acceptors (Lipinski definition) is 3. The zero-order valence-electron chi connectivity index (χ0n) is 10.3. The highest BCUT2D eigenvalue weighted by molar-refractivity contribution is 7.86. The summed E-state index contributed by atoms with van der Waals surface area (Å²) in [4.78, 5) is 0. The van der Waals surface area contributed by atoms with Gasteiger partial charge in [0.15, 0.2) is 0 Å². The quantitative estimate of drug-likeness (QED) is 0.793. The Labute approximate surface area is 110 Å². The molecule has 0 amide bonds. The molecule has 0 bridgehead atoms. The molecule has 0 saturated carbocycles. The second-order valence-electron chi connectivity index (χ2n) is 4.74. The van der Waals surface area contributed by atoms with Crippen molar-refractivity contribution in [1.82, 2.24) is 13.9 Å². The van der Waals surface area contributed by atoms with E-state index in [0.29, 0.717) is 32.1 Å². The molecule has 2 rings (SSSR count). The first-order valence-corrected chi connectivity index (χ1v) is 7.46. The van der Waals surface area contributed by atoms with Gasteiger partial charge in [0.1, 0.15) is 0 Å². The summed E-state index contributed by atoms with van der Waals surface area (Å²) in [6.45, 7) is 6.31. The lowest BCUT2D eigenvalue weighted by Crippen LogP contribution is -2.53. The molecule has 7 heteroatoms. The number of rotatable bonds is 2. The standard InChI is InChI=1S/C10H21N3O2S.ClH/c1-10-2-6-12(7-3-10)16(14,15)13-8-4-11-5-9-13;/h10-11H,2-9H2,1H3;1H. The maximum absolute atomic E-state index is 12.3. The van der Waals surface area contributed by atoms with Gasteiger partial charge in [-0.3, -0.25) is 0 Å². The number of nitrogens with one attached hydrogen (secondary N) is 1. The van der Waals surface area contributed by atoms with Crippen LogP contribution in [0.2, 0.25) is 0 Å². The Hall–Kier alpha value is 0.120. The first kappa shape index (κ1) is 15.2. The van der Waals surface area contributed by atoms with Crippen LogP contribution in [0.25, 0.3) is 0 Å². The molecule has 2 fully saturated rings. The third-order valence-corrected chi connectivity index (χ3v) is 5.51. The van der Waals surface area contributed by atoms with E-state index in [9.17, 15) is 8.42 Å². The fourth-order valence-electron chi connectivity index (χ4n) is 2.25. The summed E-state index contributed by atoms with van der Waals surface area (Å²) >= 11 is 0. The Morgan fingerprint density at radius 1 is 1.00 bits per heavy atom. The lowest BCUT2D eigenvalue weighted by atomic mass is 10.0. The molecule has 0 radical (unpaired) electrons. The average molecular weight is 284 g/mol. The summed E-state index contributed by atoms with van der Waals surface area (Å²) in [6.07, 6.45) is 1.98. The molecule has 0 aromatic heterocycles. The van der Waals surface area contributed by atoms with Gasteiger partial charge in [-0.25, -0.2) is 0 Å². The summed E-state index contributed by atoms with van der Waals surface area (Å²) in [5.41, 5.74) is 0. The molecule has 102 valence electrons. The van der Waals surface area contributed by atoms with Crippen molar-refractivity contribution in [3.05, 3.63) is 0 Å². The Kier molecular flexibility index (Phi) is 5.66. The van der Waals surface area contributed by atoms with E-state index in [4.69, 9.17) is 0 Å². The predicted octanol–water partition coefficient (Wildman–Crippen LogP) is 0.290. The predicted molar refractivity (Wildman–Crippen MR) is 70.6 cm³/mol. The fourth-order valence-corrected chi connectivity index (χ4v) is 3.90. The van der Waals surface area contributed by atoms with Crippen LogP contribution in [0.3, 0.4) is 0 Å². The summed E-state index contributed by atoms with van der Waals surface area (Å²) < 4.78 is 27.8. The maximum Gasteiger partial charge on any atom is 0.282 e. The normalized spacial score (nSPS) is 25.5. The van der Waals surface area contributed by atoms with Crippen molar-refractivity contribution in [3.63, 3.8) is 0 Å². The first-order valence-electron chi connectivity index (χ1n) is 6.06. The second-order valence-corrected chi connectivity index (χ2v) is 6.67. The number of halogens is 1. The van der Waals surface area contributed by atoms with Gasteiger partial charge in [-0.2, -0.15) is 17.0 Å². The molecular weight excluding hydrogens is 262 g/mol. The smallest absolute Gasteiger partial charge is 0.282 e. The molecule has 0 aromatic carbocycles. The Morgan fingerprint density at radius 2 is 1.47 bits per heavy atom. The summed E-state index contributed by atoms with van der Waals surface area (Å²) in [5.74, 6) is 0.662. The van der Waals surface area contributed by atoms with Crippen LogP contribution in [0.5, 0.6) is 0 Å². The Balaban J connectivity index is 0.00000144.